The molecule has 0 atom stereocenters. The number of rotatable bonds is 5. The molecule has 10 heteroatoms. The van der Waals surface area contributed by atoms with Crippen LogP contribution in [-0.4, -0.2) is 45.0 Å². The molecule has 0 saturated carbocycles. The van der Waals surface area contributed by atoms with Crippen molar-refractivity contribution < 1.29 is 22.7 Å². The van der Waals surface area contributed by atoms with Gasteiger partial charge in [0.25, 0.3) is 0 Å². The van der Waals surface area contributed by atoms with E-state index in [1.54, 1.807) is 24.3 Å². The van der Waals surface area contributed by atoms with E-state index < -0.39 is 16.0 Å². The lowest BCUT2D eigenvalue weighted by Gasteiger charge is -2.26. The molecule has 1 saturated heterocycles. The lowest BCUT2D eigenvalue weighted by atomic mass is 10.2. The molecule has 2 aromatic rings. The lowest BCUT2D eigenvalue weighted by Crippen LogP contribution is -2.40. The number of hydrogen-bond acceptors (Lipinski definition) is 5. The van der Waals surface area contributed by atoms with Crippen LogP contribution >= 0.6 is 34.8 Å². The van der Waals surface area contributed by atoms with Crippen LogP contribution in [0.4, 0.5) is 0 Å². The van der Waals surface area contributed by atoms with Crippen molar-refractivity contribution in [2.24, 2.45) is 0 Å². The highest BCUT2D eigenvalue weighted by Crippen LogP contribution is 2.31. The van der Waals surface area contributed by atoms with Gasteiger partial charge >= 0.3 is 5.97 Å². The fourth-order valence-corrected chi connectivity index (χ4v) is 5.11. The first-order valence-corrected chi connectivity index (χ1v) is 10.8. The monoisotopic (exact) mass is 463 g/mol. The number of hydrogen-bond donors (Lipinski definition) is 0. The molecule has 0 unspecified atom stereocenters. The highest BCUT2D eigenvalue weighted by molar-refractivity contribution is 7.89. The number of ether oxygens (including phenoxy) is 2. The summed E-state index contributed by atoms with van der Waals surface area (Å²) in [4.78, 5) is 12.3. The zero-order valence-corrected chi connectivity index (χ0v) is 17.6. The molecule has 1 aliphatic rings. The predicted octanol–water partition coefficient (Wildman–Crippen LogP) is 4.02. The van der Waals surface area contributed by atoms with Gasteiger partial charge in [-0.2, -0.15) is 4.31 Å². The van der Waals surface area contributed by atoms with E-state index in [0.717, 1.165) is 6.07 Å². The normalized spacial score (nSPS) is 15.4. The SMILES string of the molecule is O=C(OCc1cccc(Cl)c1)c1cc(S(=O)(=O)N2CCOCC2)c(Cl)cc1Cl. The van der Waals surface area contributed by atoms with Gasteiger partial charge in [0.2, 0.25) is 10.0 Å². The van der Waals surface area contributed by atoms with Gasteiger partial charge in [0, 0.05) is 18.1 Å². The first kappa shape index (κ1) is 21.4. The van der Waals surface area contributed by atoms with Crippen molar-refractivity contribution in [1.82, 2.24) is 4.31 Å². The van der Waals surface area contributed by atoms with Crippen LogP contribution in [0.25, 0.3) is 0 Å². The summed E-state index contributed by atoms with van der Waals surface area (Å²) in [7, 11) is -3.90. The van der Waals surface area contributed by atoms with Crippen molar-refractivity contribution in [2.45, 2.75) is 11.5 Å². The quantitative estimate of drug-likeness (QED) is 0.625. The van der Waals surface area contributed by atoms with Crippen LogP contribution in [0, 0.1) is 0 Å². The Labute approximate surface area is 177 Å². The predicted molar refractivity (Wildman–Crippen MR) is 107 cm³/mol. The smallest absolute Gasteiger partial charge is 0.340 e. The number of sulfonamides is 1. The Kier molecular flexibility index (Phi) is 6.85. The van der Waals surface area contributed by atoms with Crippen molar-refractivity contribution >= 4 is 50.8 Å². The van der Waals surface area contributed by atoms with Gasteiger partial charge in [-0.25, -0.2) is 13.2 Å². The van der Waals surface area contributed by atoms with Crippen molar-refractivity contribution in [3.63, 3.8) is 0 Å². The molecule has 0 aliphatic carbocycles. The average Bonchev–Trinajstić information content (AvgIpc) is 2.67. The van der Waals surface area contributed by atoms with Gasteiger partial charge in [-0.05, 0) is 29.8 Å². The lowest BCUT2D eigenvalue weighted by molar-refractivity contribution is 0.0472. The molecular formula is C18H16Cl3NO5S. The van der Waals surface area contributed by atoms with Crippen molar-refractivity contribution in [3.8, 4) is 0 Å². The molecule has 2 aromatic carbocycles. The van der Waals surface area contributed by atoms with Gasteiger partial charge in [-0.1, -0.05) is 46.9 Å². The van der Waals surface area contributed by atoms with Crippen LogP contribution in [0.5, 0.6) is 0 Å². The summed E-state index contributed by atoms with van der Waals surface area (Å²) in [6.45, 7) is 0.952. The molecule has 0 bridgehead atoms. The van der Waals surface area contributed by atoms with Gasteiger partial charge in [0.05, 0.1) is 28.8 Å². The minimum absolute atomic E-state index is 0.00187. The number of nitrogens with zero attached hydrogens (tertiary/aromatic N) is 1. The summed E-state index contributed by atoms with van der Waals surface area (Å²) in [6, 6.07) is 9.21. The van der Waals surface area contributed by atoms with Crippen LogP contribution in [0.3, 0.4) is 0 Å². The van der Waals surface area contributed by atoms with E-state index in [0.29, 0.717) is 23.8 Å². The summed E-state index contributed by atoms with van der Waals surface area (Å²) in [5, 5.41) is 0.446. The molecule has 1 heterocycles. The molecule has 0 aromatic heterocycles. The molecule has 28 heavy (non-hydrogen) atoms. The van der Waals surface area contributed by atoms with Gasteiger partial charge in [-0.15, -0.1) is 0 Å². The molecule has 1 aliphatic heterocycles. The average molecular weight is 465 g/mol. The number of morpholine rings is 1. The molecule has 1 fully saturated rings. The number of benzene rings is 2. The standard InChI is InChI=1S/C18H16Cl3NO5S/c19-13-3-1-2-12(8-13)11-27-18(23)14-9-17(16(21)10-15(14)20)28(24,25)22-4-6-26-7-5-22/h1-3,8-10H,4-7,11H2. The second-order valence-corrected chi connectivity index (χ2v) is 9.14. The number of carbonyl (C=O) groups is 1. The molecule has 0 radical (unpaired) electrons. The van der Waals surface area contributed by atoms with Gasteiger partial charge < -0.3 is 9.47 Å². The number of esters is 1. The maximum Gasteiger partial charge on any atom is 0.340 e. The first-order valence-electron chi connectivity index (χ1n) is 8.27. The van der Waals surface area contributed by atoms with E-state index in [2.05, 4.69) is 0 Å². The summed E-state index contributed by atoms with van der Waals surface area (Å²) in [5.41, 5.74) is 0.604. The van der Waals surface area contributed by atoms with E-state index in [1.165, 1.54) is 10.4 Å². The number of halogens is 3. The van der Waals surface area contributed by atoms with Crippen molar-refractivity contribution in [2.75, 3.05) is 26.3 Å². The molecule has 0 spiro atoms. The highest BCUT2D eigenvalue weighted by Gasteiger charge is 2.30. The summed E-state index contributed by atoms with van der Waals surface area (Å²) >= 11 is 18.1. The minimum atomic E-state index is -3.90. The third kappa shape index (κ3) is 4.79. The molecule has 150 valence electrons. The van der Waals surface area contributed by atoms with E-state index in [9.17, 15) is 13.2 Å². The molecule has 0 N–H and O–H groups in total. The molecule has 0 amide bonds. The summed E-state index contributed by atoms with van der Waals surface area (Å²) in [5.74, 6) is -0.764. The van der Waals surface area contributed by atoms with Crippen LogP contribution in [0.1, 0.15) is 15.9 Å². The van der Waals surface area contributed by atoms with Gasteiger partial charge in [0.15, 0.2) is 0 Å². The zero-order valence-electron chi connectivity index (χ0n) is 14.5. The molecule has 3 rings (SSSR count). The Morgan fingerprint density at radius 3 is 2.46 bits per heavy atom. The van der Waals surface area contributed by atoms with E-state index in [-0.39, 0.29) is 40.2 Å². The Balaban J connectivity index is 1.85. The molecule has 6 nitrogen and oxygen atoms in total. The van der Waals surface area contributed by atoms with Crippen LogP contribution in [0.15, 0.2) is 41.3 Å². The zero-order chi connectivity index (χ0) is 20.3. The second kappa shape index (κ2) is 8.98. The second-order valence-electron chi connectivity index (χ2n) is 5.98. The summed E-state index contributed by atoms with van der Waals surface area (Å²) < 4.78 is 37.5. The van der Waals surface area contributed by atoms with Gasteiger partial charge in [-0.3, -0.25) is 0 Å². The molecular weight excluding hydrogens is 449 g/mol. The third-order valence-electron chi connectivity index (χ3n) is 4.09. The first-order chi connectivity index (χ1) is 13.3. The van der Waals surface area contributed by atoms with Crippen LogP contribution in [-0.2, 0) is 26.1 Å². The maximum atomic E-state index is 12.9. The fourth-order valence-electron chi connectivity index (χ4n) is 2.66. The van der Waals surface area contributed by atoms with E-state index >= 15 is 0 Å². The maximum absolute atomic E-state index is 12.9. The number of carbonyl (C=O) groups excluding carboxylic acids is 1. The highest BCUT2D eigenvalue weighted by atomic mass is 35.5. The third-order valence-corrected chi connectivity index (χ3v) is 7.00. The van der Waals surface area contributed by atoms with E-state index in [4.69, 9.17) is 44.3 Å². The van der Waals surface area contributed by atoms with Crippen LogP contribution < -0.4 is 0 Å². The van der Waals surface area contributed by atoms with Gasteiger partial charge in [0.1, 0.15) is 11.5 Å². The topological polar surface area (TPSA) is 72.9 Å². The largest absolute Gasteiger partial charge is 0.457 e. The van der Waals surface area contributed by atoms with Crippen molar-refractivity contribution in [1.29, 1.82) is 0 Å². The minimum Gasteiger partial charge on any atom is -0.457 e. The van der Waals surface area contributed by atoms with E-state index in [1.807, 2.05) is 0 Å². The Bertz CT molecular complexity index is 991. The Morgan fingerprint density at radius 1 is 1.07 bits per heavy atom. The Morgan fingerprint density at radius 2 is 1.79 bits per heavy atom. The Hall–Kier alpha value is -1.35. The summed E-state index contributed by atoms with van der Waals surface area (Å²) in [6.07, 6.45) is 0. The fraction of sp³-hybridized carbons (Fsp3) is 0.278. The van der Waals surface area contributed by atoms with Crippen molar-refractivity contribution in [3.05, 3.63) is 62.6 Å². The van der Waals surface area contributed by atoms with Crippen LogP contribution in [0.2, 0.25) is 15.1 Å².